The molecule has 0 bridgehead atoms. The first-order valence-electron chi connectivity index (χ1n) is 0.965. The van der Waals surface area contributed by atoms with Gasteiger partial charge in [-0.1, -0.05) is 12.6 Å². The Balaban J connectivity index is 3.57. The molecule has 0 aliphatic heterocycles. The van der Waals surface area contributed by atoms with Crippen LogP contribution in [0.25, 0.3) is 0 Å². The number of rotatable bonds is 0. The molecule has 0 rings (SSSR count). The first kappa shape index (κ1) is 6.13. The van der Waals surface area contributed by atoms with Gasteiger partial charge in [0, 0.05) is 11.1 Å². The summed E-state index contributed by atoms with van der Waals surface area (Å²) in [5.74, 6) is 0. The number of carbonyl (C=O) groups is 1. The van der Waals surface area contributed by atoms with Gasteiger partial charge in [0.1, 0.15) is 0 Å². The number of thiol groups is 1. The quantitative estimate of drug-likeness (QED) is 0.364. The van der Waals surface area contributed by atoms with Crippen LogP contribution in [-0.4, -0.2) is 13.2 Å². The van der Waals surface area contributed by atoms with Crippen molar-refractivity contribution < 1.29 is 13.6 Å². The van der Waals surface area contributed by atoms with Crippen molar-refractivity contribution in [3.05, 3.63) is 0 Å². The minimum atomic E-state index is -2.64. The molecule has 0 aliphatic carbocycles. The van der Waals surface area contributed by atoms with Crippen LogP contribution in [0.2, 0.25) is 0 Å². The molecule has 0 saturated carbocycles. The largest absolute Gasteiger partial charge is 0.766 e. The average Bonchev–Trinajstić information content (AvgIpc) is 1.36. The van der Waals surface area contributed by atoms with E-state index in [0.717, 1.165) is 0 Å². The minimum Gasteiger partial charge on any atom is -0.766 e. The van der Waals surface area contributed by atoms with Gasteiger partial charge in [-0.25, -0.2) is 0 Å². The molecule has 5 heteroatoms. The summed E-state index contributed by atoms with van der Waals surface area (Å²) in [6.07, 6.45) is 0. The third-order valence-corrected chi connectivity index (χ3v) is 0.875. The fourth-order valence-electron chi connectivity index (χ4n) is 0. The van der Waals surface area contributed by atoms with E-state index in [1.807, 2.05) is 0 Å². The van der Waals surface area contributed by atoms with Crippen LogP contribution in [0.1, 0.15) is 0 Å². The van der Waals surface area contributed by atoms with Crippen LogP contribution in [0.15, 0.2) is 0 Å². The lowest BCUT2D eigenvalue weighted by Crippen LogP contribution is -1.91. The van der Waals surface area contributed by atoms with Gasteiger partial charge in [0.2, 0.25) is 0 Å². The molecule has 3 nitrogen and oxygen atoms in total. The van der Waals surface area contributed by atoms with E-state index in [0.29, 0.717) is 0 Å². The van der Waals surface area contributed by atoms with Crippen LogP contribution in [0.4, 0.5) is 4.79 Å². The molecule has 0 spiro atoms. The predicted molar refractivity (Wildman–Crippen MR) is 23.3 cm³/mol. The number of hydrogen-bond donors (Lipinski definition) is 1. The van der Waals surface area contributed by atoms with Gasteiger partial charge < -0.3 is 4.55 Å². The summed E-state index contributed by atoms with van der Waals surface area (Å²) in [6.45, 7) is 0. The maximum absolute atomic E-state index is 9.40. The molecule has 0 heterocycles. The van der Waals surface area contributed by atoms with Crippen LogP contribution in [-0.2, 0) is 11.1 Å². The zero-order valence-electron chi connectivity index (χ0n) is 2.58. The highest BCUT2D eigenvalue weighted by molar-refractivity contribution is 8.22. The van der Waals surface area contributed by atoms with Crippen LogP contribution in [0, 0.1) is 0 Å². The molecule has 1 atom stereocenters. The topological polar surface area (TPSA) is 57.2 Å². The average molecular weight is 125 g/mol. The highest BCUT2D eigenvalue weighted by atomic mass is 32.2. The Bertz CT molecular complexity index is 74.8. The predicted octanol–water partition coefficient (Wildman–Crippen LogP) is -0.0847. The summed E-state index contributed by atoms with van der Waals surface area (Å²) in [5.41, 5.74) is 0. The molecule has 1 unspecified atom stereocenters. The standard InChI is InChI=1S/CH2O3S2/c2-1(5)6(3)4/h(H,2,5)(H,3,4)/p-1. The molecule has 0 aromatic rings. The van der Waals surface area contributed by atoms with Crippen molar-refractivity contribution in [2.75, 3.05) is 0 Å². The molecule has 0 fully saturated rings. The molecule has 0 N–H and O–H groups in total. The van der Waals surface area contributed by atoms with Gasteiger partial charge in [-0.3, -0.25) is 9.00 Å². The van der Waals surface area contributed by atoms with Crippen LogP contribution in [0.5, 0.6) is 0 Å². The van der Waals surface area contributed by atoms with Gasteiger partial charge in [0.25, 0.3) is 4.45 Å². The van der Waals surface area contributed by atoms with E-state index < -0.39 is 15.5 Å². The number of hydrogen-bond acceptors (Lipinski definition) is 3. The van der Waals surface area contributed by atoms with E-state index in [9.17, 15) is 13.6 Å². The van der Waals surface area contributed by atoms with Crippen molar-refractivity contribution in [1.82, 2.24) is 0 Å². The van der Waals surface area contributed by atoms with Crippen LogP contribution < -0.4 is 0 Å². The molecule has 0 amide bonds. The van der Waals surface area contributed by atoms with E-state index >= 15 is 0 Å². The van der Waals surface area contributed by atoms with Crippen molar-refractivity contribution in [3.8, 4) is 0 Å². The van der Waals surface area contributed by atoms with Gasteiger partial charge in [0.15, 0.2) is 0 Å². The van der Waals surface area contributed by atoms with Crippen molar-refractivity contribution in [1.29, 1.82) is 0 Å². The fraction of sp³-hybridized carbons (Fsp3) is 0. The van der Waals surface area contributed by atoms with E-state index in [2.05, 4.69) is 12.6 Å². The lowest BCUT2D eigenvalue weighted by Gasteiger charge is -1.91. The second-order valence-electron chi connectivity index (χ2n) is 0.501. The van der Waals surface area contributed by atoms with Gasteiger partial charge >= 0.3 is 0 Å². The Kier molecular flexibility index (Phi) is 2.38. The smallest absolute Gasteiger partial charge is 0.259 e. The molecule has 0 radical (unpaired) electrons. The highest BCUT2D eigenvalue weighted by Gasteiger charge is 1.85. The monoisotopic (exact) mass is 125 g/mol. The Labute approximate surface area is 42.4 Å². The summed E-state index contributed by atoms with van der Waals surface area (Å²) < 4.78 is 17.4. The maximum Gasteiger partial charge on any atom is 0.259 e. The lowest BCUT2D eigenvalue weighted by atomic mass is 11.8. The summed E-state index contributed by atoms with van der Waals surface area (Å²) in [4.78, 5) is 9.40. The van der Waals surface area contributed by atoms with Crippen LogP contribution >= 0.6 is 12.6 Å². The maximum atomic E-state index is 9.40. The Morgan fingerprint density at radius 1 is 1.83 bits per heavy atom. The van der Waals surface area contributed by atoms with Crippen LogP contribution in [0.3, 0.4) is 0 Å². The summed E-state index contributed by atoms with van der Waals surface area (Å²) in [6, 6.07) is 0. The summed E-state index contributed by atoms with van der Waals surface area (Å²) in [7, 11) is 0. The highest BCUT2D eigenvalue weighted by Crippen LogP contribution is 1.83. The zero-order chi connectivity index (χ0) is 5.15. The van der Waals surface area contributed by atoms with Crippen molar-refractivity contribution in [3.63, 3.8) is 0 Å². The summed E-state index contributed by atoms with van der Waals surface area (Å²) in [5, 5.41) is 0. The van der Waals surface area contributed by atoms with Gasteiger partial charge in [-0.15, -0.1) is 0 Å². The first-order chi connectivity index (χ1) is 2.64. The lowest BCUT2D eigenvalue weighted by molar-refractivity contribution is 0.274. The SMILES string of the molecule is O=C(S)S(=O)[O-]. The fourth-order valence-corrected chi connectivity index (χ4v) is 0. The normalized spacial score (nSPS) is 13.7. The van der Waals surface area contributed by atoms with E-state index in [1.54, 1.807) is 0 Å². The third-order valence-electron chi connectivity index (χ3n) is 0.143. The second-order valence-corrected chi connectivity index (χ2v) is 2.05. The van der Waals surface area contributed by atoms with Crippen molar-refractivity contribution >= 4 is 28.2 Å². The second kappa shape index (κ2) is 2.33. The summed E-state index contributed by atoms with van der Waals surface area (Å²) >= 11 is 0.299. The van der Waals surface area contributed by atoms with E-state index in [1.165, 1.54) is 0 Å². The Morgan fingerprint density at radius 3 is 2.00 bits per heavy atom. The van der Waals surface area contributed by atoms with Crippen molar-refractivity contribution in [2.24, 2.45) is 0 Å². The van der Waals surface area contributed by atoms with E-state index in [-0.39, 0.29) is 0 Å². The minimum absolute atomic E-state index is 1.13. The molecular formula is CHO3S2-. The molecule has 0 aromatic heterocycles. The van der Waals surface area contributed by atoms with Crippen molar-refractivity contribution in [2.45, 2.75) is 0 Å². The zero-order valence-corrected chi connectivity index (χ0v) is 4.29. The van der Waals surface area contributed by atoms with Gasteiger partial charge in [-0.2, -0.15) is 0 Å². The Morgan fingerprint density at radius 2 is 2.00 bits per heavy atom. The molecule has 0 aromatic carbocycles. The molecule has 6 heavy (non-hydrogen) atoms. The number of carbonyl (C=O) groups excluding carboxylic acids is 1. The molecule has 0 saturated heterocycles. The van der Waals surface area contributed by atoms with Gasteiger partial charge in [-0.05, 0) is 0 Å². The van der Waals surface area contributed by atoms with E-state index in [4.69, 9.17) is 0 Å². The first-order valence-corrected chi connectivity index (χ1v) is 2.49. The molecule has 0 aliphatic rings. The Hall–Kier alpha value is 0.130. The van der Waals surface area contributed by atoms with Gasteiger partial charge in [0.05, 0.1) is 0 Å². The third kappa shape index (κ3) is 2.37. The molecular weight excluding hydrogens is 124 g/mol. The molecule has 36 valence electrons.